The number of rotatable bonds is 3. The molecule has 0 aliphatic carbocycles. The summed E-state index contributed by atoms with van der Waals surface area (Å²) in [6, 6.07) is 3.14. The van der Waals surface area contributed by atoms with Crippen molar-refractivity contribution in [2.24, 2.45) is 0 Å². The summed E-state index contributed by atoms with van der Waals surface area (Å²) in [5, 5.41) is 13.2. The monoisotopic (exact) mass is 401 g/mol. The van der Waals surface area contributed by atoms with E-state index in [1.807, 2.05) is 22.6 Å². The summed E-state index contributed by atoms with van der Waals surface area (Å²) in [7, 11) is 0. The number of aliphatic hydroxyl groups excluding tert-OH is 1. The highest BCUT2D eigenvalue weighted by Gasteiger charge is 2.27. The predicted molar refractivity (Wildman–Crippen MR) is 82.4 cm³/mol. The molecule has 18 heavy (non-hydrogen) atoms. The summed E-state index contributed by atoms with van der Waals surface area (Å²) < 4.78 is 0.637. The molecule has 1 rings (SSSR count). The van der Waals surface area contributed by atoms with Gasteiger partial charge in [0, 0.05) is 8.59 Å². The van der Waals surface area contributed by atoms with Gasteiger partial charge in [0.15, 0.2) is 0 Å². The van der Waals surface area contributed by atoms with Crippen LogP contribution in [0.4, 0.5) is 0 Å². The van der Waals surface area contributed by atoms with Gasteiger partial charge in [-0.1, -0.05) is 23.2 Å². The van der Waals surface area contributed by atoms with Crippen LogP contribution in [0.2, 0.25) is 10.0 Å². The van der Waals surface area contributed by atoms with Crippen LogP contribution in [0.3, 0.4) is 0 Å². The van der Waals surface area contributed by atoms with E-state index in [1.165, 1.54) is 0 Å². The van der Waals surface area contributed by atoms with E-state index < -0.39 is 11.6 Å². The zero-order valence-corrected chi connectivity index (χ0v) is 13.9. The van der Waals surface area contributed by atoms with E-state index >= 15 is 0 Å². The van der Waals surface area contributed by atoms with Gasteiger partial charge in [-0.2, -0.15) is 0 Å². The second-order valence-corrected chi connectivity index (χ2v) is 6.52. The molecule has 2 N–H and O–H groups in total. The first-order valence-electron chi connectivity index (χ1n) is 5.30. The van der Waals surface area contributed by atoms with Crippen LogP contribution in [0, 0.1) is 3.57 Å². The molecule has 0 spiro atoms. The normalized spacial score (nSPS) is 13.3. The average molecular weight is 402 g/mol. The first kappa shape index (κ1) is 16.0. The third kappa shape index (κ3) is 3.73. The zero-order valence-electron chi connectivity index (χ0n) is 10.2. The van der Waals surface area contributed by atoms with Crippen molar-refractivity contribution in [2.45, 2.75) is 32.4 Å². The Morgan fingerprint density at radius 2 is 2.00 bits per heavy atom. The summed E-state index contributed by atoms with van der Waals surface area (Å²) in [5.41, 5.74) is -0.323. The third-order valence-electron chi connectivity index (χ3n) is 2.72. The molecule has 1 unspecified atom stereocenters. The molecule has 0 saturated carbocycles. The van der Waals surface area contributed by atoms with Crippen molar-refractivity contribution < 1.29 is 9.90 Å². The minimum Gasteiger partial charge on any atom is -0.391 e. The Labute approximate surface area is 130 Å². The number of benzene rings is 1. The van der Waals surface area contributed by atoms with Crippen LogP contribution in [0.25, 0.3) is 0 Å². The second-order valence-electron chi connectivity index (χ2n) is 4.60. The Hall–Kier alpha value is -0.0400. The highest BCUT2D eigenvalue weighted by Crippen LogP contribution is 2.27. The molecule has 100 valence electrons. The lowest BCUT2D eigenvalue weighted by Gasteiger charge is -2.29. The summed E-state index contributed by atoms with van der Waals surface area (Å²) in [6.07, 6.45) is -0.672. The molecule has 0 fully saturated rings. The summed E-state index contributed by atoms with van der Waals surface area (Å²) in [4.78, 5) is 12.1. The molecule has 0 heterocycles. The number of hydrogen-bond donors (Lipinski definition) is 2. The fraction of sp³-hybridized carbons (Fsp3) is 0.417. The molecule has 0 aliphatic rings. The molecule has 1 aromatic carbocycles. The smallest absolute Gasteiger partial charge is 0.252 e. The number of halogens is 3. The van der Waals surface area contributed by atoms with Gasteiger partial charge in [-0.15, -0.1) is 0 Å². The van der Waals surface area contributed by atoms with E-state index in [9.17, 15) is 9.90 Å². The first-order chi connectivity index (χ1) is 8.15. The third-order valence-corrected chi connectivity index (χ3v) is 4.72. The Morgan fingerprint density at radius 3 is 2.50 bits per heavy atom. The topological polar surface area (TPSA) is 49.3 Å². The van der Waals surface area contributed by atoms with Crippen molar-refractivity contribution in [3.63, 3.8) is 0 Å². The number of amides is 1. The standard InChI is InChI=1S/C12H14Cl2INO2/c1-6(17)12(2,3)16-11(18)8-4-7(13)5-9(14)10(8)15/h4-6,17H,1-3H3,(H,16,18). The summed E-state index contributed by atoms with van der Waals surface area (Å²) in [5.74, 6) is -0.310. The van der Waals surface area contributed by atoms with Crippen molar-refractivity contribution in [1.29, 1.82) is 0 Å². The van der Waals surface area contributed by atoms with Crippen LogP contribution in [0.15, 0.2) is 12.1 Å². The molecule has 0 bridgehead atoms. The highest BCUT2D eigenvalue weighted by molar-refractivity contribution is 14.1. The van der Waals surface area contributed by atoms with Crippen molar-refractivity contribution in [3.05, 3.63) is 31.3 Å². The van der Waals surface area contributed by atoms with Gasteiger partial charge in [-0.05, 0) is 55.5 Å². The van der Waals surface area contributed by atoms with Crippen LogP contribution < -0.4 is 5.32 Å². The van der Waals surface area contributed by atoms with Crippen LogP contribution in [-0.4, -0.2) is 22.7 Å². The van der Waals surface area contributed by atoms with E-state index in [0.717, 1.165) is 0 Å². The Balaban J connectivity index is 3.06. The van der Waals surface area contributed by atoms with E-state index in [4.69, 9.17) is 23.2 Å². The number of nitrogens with one attached hydrogen (secondary N) is 1. The fourth-order valence-corrected chi connectivity index (χ4v) is 2.24. The Kier molecular flexibility index (Phi) is 5.29. The molecule has 1 amide bonds. The molecule has 1 atom stereocenters. The van der Waals surface area contributed by atoms with Crippen molar-refractivity contribution in [2.75, 3.05) is 0 Å². The summed E-state index contributed by atoms with van der Waals surface area (Å²) >= 11 is 13.9. The highest BCUT2D eigenvalue weighted by atomic mass is 127. The molecular weight excluding hydrogens is 388 g/mol. The molecule has 1 aromatic rings. The van der Waals surface area contributed by atoms with Crippen molar-refractivity contribution in [3.8, 4) is 0 Å². The zero-order chi connectivity index (χ0) is 14.1. The van der Waals surface area contributed by atoms with Crippen LogP contribution in [0.1, 0.15) is 31.1 Å². The van der Waals surface area contributed by atoms with Gasteiger partial charge in [0.1, 0.15) is 0 Å². The quantitative estimate of drug-likeness (QED) is 0.601. The Bertz CT molecular complexity index is 475. The van der Waals surface area contributed by atoms with Gasteiger partial charge in [-0.3, -0.25) is 4.79 Å². The molecule has 0 saturated heterocycles. The average Bonchev–Trinajstić information content (AvgIpc) is 2.22. The van der Waals surface area contributed by atoms with Gasteiger partial charge in [0.25, 0.3) is 5.91 Å². The maximum absolute atomic E-state index is 12.1. The van der Waals surface area contributed by atoms with E-state index in [0.29, 0.717) is 19.2 Å². The van der Waals surface area contributed by atoms with Gasteiger partial charge >= 0.3 is 0 Å². The lowest BCUT2D eigenvalue weighted by atomic mass is 9.98. The minimum atomic E-state index is -0.727. The van der Waals surface area contributed by atoms with Gasteiger partial charge in [0.05, 0.1) is 22.2 Å². The van der Waals surface area contributed by atoms with E-state index in [2.05, 4.69) is 5.32 Å². The van der Waals surface area contributed by atoms with Crippen molar-refractivity contribution in [1.82, 2.24) is 5.32 Å². The van der Waals surface area contributed by atoms with Gasteiger partial charge < -0.3 is 10.4 Å². The second kappa shape index (κ2) is 5.94. The maximum Gasteiger partial charge on any atom is 0.252 e. The molecule has 0 aromatic heterocycles. The minimum absolute atomic E-state index is 0.310. The SMILES string of the molecule is CC(O)C(C)(C)NC(=O)c1cc(Cl)cc(Cl)c1I. The van der Waals surface area contributed by atoms with Crippen LogP contribution in [0.5, 0.6) is 0 Å². The van der Waals surface area contributed by atoms with E-state index in [-0.39, 0.29) is 5.91 Å². The fourth-order valence-electron chi connectivity index (χ4n) is 1.19. The molecule has 0 radical (unpaired) electrons. The van der Waals surface area contributed by atoms with Crippen LogP contribution >= 0.6 is 45.8 Å². The molecular formula is C12H14Cl2INO2. The lowest BCUT2D eigenvalue weighted by molar-refractivity contribution is 0.0708. The molecule has 6 heteroatoms. The van der Waals surface area contributed by atoms with Gasteiger partial charge in [-0.25, -0.2) is 0 Å². The summed E-state index contributed by atoms with van der Waals surface area (Å²) in [6.45, 7) is 5.11. The van der Waals surface area contributed by atoms with Crippen molar-refractivity contribution >= 4 is 51.7 Å². The maximum atomic E-state index is 12.1. The van der Waals surface area contributed by atoms with E-state index in [1.54, 1.807) is 32.9 Å². The first-order valence-corrected chi connectivity index (χ1v) is 7.13. The Morgan fingerprint density at radius 1 is 1.44 bits per heavy atom. The molecule has 0 aliphatic heterocycles. The number of aliphatic hydroxyl groups is 1. The predicted octanol–water partition coefficient (Wildman–Crippen LogP) is 3.49. The largest absolute Gasteiger partial charge is 0.391 e. The van der Waals surface area contributed by atoms with Crippen LogP contribution in [-0.2, 0) is 0 Å². The van der Waals surface area contributed by atoms with Gasteiger partial charge in [0.2, 0.25) is 0 Å². The number of carbonyl (C=O) groups excluding carboxylic acids is 1. The molecule has 3 nitrogen and oxygen atoms in total. The lowest BCUT2D eigenvalue weighted by Crippen LogP contribution is -2.51. The number of carbonyl (C=O) groups is 1. The number of hydrogen-bond acceptors (Lipinski definition) is 2.